The first kappa shape index (κ1) is 13.7. The SMILES string of the molecule is COC(c1nc2c(s1)C(=O)CC(C)(C)C2)C(C)C. The van der Waals surface area contributed by atoms with Crippen LogP contribution >= 0.6 is 11.3 Å². The van der Waals surface area contributed by atoms with Gasteiger partial charge in [-0.1, -0.05) is 27.7 Å². The highest BCUT2D eigenvalue weighted by Crippen LogP contribution is 2.39. The summed E-state index contributed by atoms with van der Waals surface area (Å²) in [5.74, 6) is 0.606. The van der Waals surface area contributed by atoms with Crippen molar-refractivity contribution in [3.63, 3.8) is 0 Å². The number of methoxy groups -OCH3 is 1. The quantitative estimate of drug-likeness (QED) is 0.839. The van der Waals surface area contributed by atoms with E-state index >= 15 is 0 Å². The minimum absolute atomic E-state index is 0.00323. The lowest BCUT2D eigenvalue weighted by Gasteiger charge is -2.26. The molecule has 0 saturated heterocycles. The van der Waals surface area contributed by atoms with Crippen LogP contribution < -0.4 is 0 Å². The lowest BCUT2D eigenvalue weighted by atomic mass is 9.78. The van der Waals surface area contributed by atoms with Crippen molar-refractivity contribution >= 4 is 17.1 Å². The van der Waals surface area contributed by atoms with Crippen LogP contribution in [0.2, 0.25) is 0 Å². The molecule has 0 spiro atoms. The Kier molecular flexibility index (Phi) is 3.60. The summed E-state index contributed by atoms with van der Waals surface area (Å²) in [7, 11) is 1.71. The Morgan fingerprint density at radius 2 is 2.00 bits per heavy atom. The molecule has 4 heteroatoms. The molecular formula is C14H21NO2S. The standard InChI is InChI=1S/C14H21NO2S/c1-8(2)11(17-5)13-15-9-6-14(3,4)7-10(16)12(9)18-13/h8,11H,6-7H2,1-5H3. The van der Waals surface area contributed by atoms with Gasteiger partial charge in [0.25, 0.3) is 0 Å². The van der Waals surface area contributed by atoms with Crippen molar-refractivity contribution in [2.24, 2.45) is 11.3 Å². The third kappa shape index (κ3) is 2.50. The number of hydrogen-bond donors (Lipinski definition) is 0. The average Bonchev–Trinajstić information content (AvgIpc) is 2.60. The summed E-state index contributed by atoms with van der Waals surface area (Å²) in [6.07, 6.45) is 1.51. The lowest BCUT2D eigenvalue weighted by Crippen LogP contribution is -2.26. The van der Waals surface area contributed by atoms with Gasteiger partial charge in [-0.25, -0.2) is 4.98 Å². The summed E-state index contributed by atoms with van der Waals surface area (Å²) in [4.78, 5) is 17.6. The zero-order valence-electron chi connectivity index (χ0n) is 11.7. The second-order valence-electron chi connectivity index (χ2n) is 6.17. The molecule has 2 rings (SSSR count). The van der Waals surface area contributed by atoms with Gasteiger partial charge < -0.3 is 4.74 Å². The van der Waals surface area contributed by atoms with Crippen LogP contribution in [0.5, 0.6) is 0 Å². The molecule has 1 heterocycles. The third-order valence-corrected chi connectivity index (χ3v) is 4.56. The fraction of sp³-hybridized carbons (Fsp3) is 0.714. The minimum Gasteiger partial charge on any atom is -0.374 e. The Hall–Kier alpha value is -0.740. The molecule has 0 aliphatic heterocycles. The van der Waals surface area contributed by atoms with Crippen LogP contribution in [0.3, 0.4) is 0 Å². The summed E-state index contributed by atoms with van der Waals surface area (Å²) in [6, 6.07) is 0. The highest BCUT2D eigenvalue weighted by atomic mass is 32.1. The number of thiazole rings is 1. The van der Waals surface area contributed by atoms with Crippen molar-refractivity contribution in [2.45, 2.75) is 46.6 Å². The monoisotopic (exact) mass is 267 g/mol. The number of nitrogens with zero attached hydrogens (tertiary/aromatic N) is 1. The number of ketones is 1. The number of rotatable bonds is 3. The van der Waals surface area contributed by atoms with Gasteiger partial charge in [0.1, 0.15) is 11.1 Å². The maximum absolute atomic E-state index is 12.1. The predicted octanol–water partition coefficient (Wildman–Crippen LogP) is 3.64. The largest absolute Gasteiger partial charge is 0.374 e. The number of fused-ring (bicyclic) bond motifs is 1. The molecule has 1 aliphatic rings. The van der Waals surface area contributed by atoms with Crippen LogP contribution in [-0.2, 0) is 11.2 Å². The molecule has 0 fully saturated rings. The smallest absolute Gasteiger partial charge is 0.175 e. The van der Waals surface area contributed by atoms with Crippen LogP contribution in [0, 0.1) is 11.3 Å². The molecular weight excluding hydrogens is 246 g/mol. The maximum atomic E-state index is 12.1. The van der Waals surface area contributed by atoms with Crippen LogP contribution in [-0.4, -0.2) is 17.9 Å². The highest BCUT2D eigenvalue weighted by Gasteiger charge is 2.35. The molecule has 18 heavy (non-hydrogen) atoms. The molecule has 0 saturated carbocycles. The molecule has 0 radical (unpaired) electrons. The van der Waals surface area contributed by atoms with Crippen molar-refractivity contribution in [2.75, 3.05) is 7.11 Å². The first-order valence-corrected chi connectivity index (χ1v) is 7.21. The van der Waals surface area contributed by atoms with E-state index in [-0.39, 0.29) is 17.3 Å². The van der Waals surface area contributed by atoms with Crippen molar-refractivity contribution in [1.29, 1.82) is 0 Å². The fourth-order valence-electron chi connectivity index (χ4n) is 2.52. The Morgan fingerprint density at radius 1 is 1.33 bits per heavy atom. The summed E-state index contributed by atoms with van der Waals surface area (Å²) in [6.45, 7) is 8.48. The molecule has 0 amide bonds. The summed E-state index contributed by atoms with van der Waals surface area (Å²) >= 11 is 1.52. The molecule has 1 aliphatic carbocycles. The highest BCUT2D eigenvalue weighted by molar-refractivity contribution is 7.14. The van der Waals surface area contributed by atoms with Crippen LogP contribution in [0.15, 0.2) is 0 Å². The Balaban J connectivity index is 2.37. The van der Waals surface area contributed by atoms with Gasteiger partial charge in [-0.15, -0.1) is 11.3 Å². The Bertz CT molecular complexity index is 462. The number of aromatic nitrogens is 1. The molecule has 0 aromatic carbocycles. The number of hydrogen-bond acceptors (Lipinski definition) is 4. The van der Waals surface area contributed by atoms with E-state index in [1.165, 1.54) is 11.3 Å². The summed E-state index contributed by atoms with van der Waals surface area (Å²) < 4.78 is 5.50. The molecule has 1 aromatic heterocycles. The lowest BCUT2D eigenvalue weighted by molar-refractivity contribution is 0.0642. The number of Topliss-reactive ketones (excluding diaryl/α,β-unsaturated/α-hetero) is 1. The van der Waals surface area contributed by atoms with E-state index in [0.717, 1.165) is 22.0 Å². The second kappa shape index (κ2) is 4.74. The summed E-state index contributed by atoms with van der Waals surface area (Å²) in [5, 5.41) is 0.948. The van der Waals surface area contributed by atoms with Crippen molar-refractivity contribution < 1.29 is 9.53 Å². The predicted molar refractivity (Wildman–Crippen MR) is 73.1 cm³/mol. The van der Waals surface area contributed by atoms with Gasteiger partial charge in [-0.3, -0.25) is 4.79 Å². The molecule has 1 unspecified atom stereocenters. The Labute approximate surface area is 113 Å². The molecule has 1 atom stereocenters. The molecule has 3 nitrogen and oxygen atoms in total. The van der Waals surface area contributed by atoms with E-state index in [4.69, 9.17) is 4.74 Å². The van der Waals surface area contributed by atoms with Gasteiger partial charge in [0.05, 0.1) is 10.6 Å². The van der Waals surface area contributed by atoms with Crippen LogP contribution in [0.4, 0.5) is 0 Å². The van der Waals surface area contributed by atoms with E-state index in [9.17, 15) is 4.79 Å². The minimum atomic E-state index is -0.00323. The van der Waals surface area contributed by atoms with Crippen molar-refractivity contribution in [3.05, 3.63) is 15.6 Å². The van der Waals surface area contributed by atoms with E-state index < -0.39 is 0 Å². The van der Waals surface area contributed by atoms with Crippen molar-refractivity contribution in [1.82, 2.24) is 4.98 Å². The van der Waals surface area contributed by atoms with E-state index in [2.05, 4.69) is 32.7 Å². The van der Waals surface area contributed by atoms with Gasteiger partial charge in [0.15, 0.2) is 5.78 Å². The second-order valence-corrected chi connectivity index (χ2v) is 7.20. The molecule has 100 valence electrons. The fourth-order valence-corrected chi connectivity index (χ4v) is 3.79. The topological polar surface area (TPSA) is 39.2 Å². The van der Waals surface area contributed by atoms with Gasteiger partial charge in [0.2, 0.25) is 0 Å². The molecule has 0 bridgehead atoms. The third-order valence-electron chi connectivity index (χ3n) is 3.36. The average molecular weight is 267 g/mol. The van der Waals surface area contributed by atoms with Crippen molar-refractivity contribution in [3.8, 4) is 0 Å². The van der Waals surface area contributed by atoms with Gasteiger partial charge in [-0.05, 0) is 17.8 Å². The van der Waals surface area contributed by atoms with E-state index in [1.54, 1.807) is 7.11 Å². The molecule has 1 aromatic rings. The first-order chi connectivity index (χ1) is 8.34. The van der Waals surface area contributed by atoms with Gasteiger partial charge >= 0.3 is 0 Å². The number of carbonyl (C=O) groups excluding carboxylic acids is 1. The normalized spacial score (nSPS) is 20.0. The van der Waals surface area contributed by atoms with Gasteiger partial charge in [-0.2, -0.15) is 0 Å². The maximum Gasteiger partial charge on any atom is 0.175 e. The van der Waals surface area contributed by atoms with E-state index in [1.807, 2.05) is 0 Å². The number of ether oxygens (including phenoxy) is 1. The van der Waals surface area contributed by atoms with Gasteiger partial charge in [0, 0.05) is 13.5 Å². The Morgan fingerprint density at radius 3 is 2.56 bits per heavy atom. The van der Waals surface area contributed by atoms with Crippen LogP contribution in [0.25, 0.3) is 0 Å². The van der Waals surface area contributed by atoms with E-state index in [0.29, 0.717) is 12.3 Å². The zero-order valence-corrected chi connectivity index (χ0v) is 12.6. The summed E-state index contributed by atoms with van der Waals surface area (Å²) in [5.41, 5.74) is 1.01. The molecule has 0 N–H and O–H groups in total. The van der Waals surface area contributed by atoms with Crippen LogP contribution in [0.1, 0.15) is 60.6 Å². The zero-order chi connectivity index (χ0) is 13.5. The first-order valence-electron chi connectivity index (χ1n) is 6.39. The number of carbonyl (C=O) groups is 1.